The summed E-state index contributed by atoms with van der Waals surface area (Å²) in [5.74, 6) is -0.427. The number of ether oxygens (including phenoxy) is 1. The summed E-state index contributed by atoms with van der Waals surface area (Å²) < 4.78 is 5.88. The molecule has 1 saturated carbocycles. The number of nitrogens with two attached hydrogens (primary N) is 1. The van der Waals surface area contributed by atoms with E-state index in [0.717, 1.165) is 25.7 Å². The highest BCUT2D eigenvalue weighted by atomic mass is 16.5. The van der Waals surface area contributed by atoms with E-state index in [1.165, 1.54) is 6.07 Å². The molecule has 4 nitrogen and oxygen atoms in total. The van der Waals surface area contributed by atoms with Gasteiger partial charge in [0.1, 0.15) is 5.75 Å². The molecule has 104 valence electrons. The van der Waals surface area contributed by atoms with Gasteiger partial charge in [0.2, 0.25) is 0 Å². The Morgan fingerprint density at radius 1 is 1.37 bits per heavy atom. The summed E-state index contributed by atoms with van der Waals surface area (Å²) in [7, 11) is 0. The fraction of sp³-hybridized carbons (Fsp3) is 0.533. The molecule has 0 spiro atoms. The molecule has 1 fully saturated rings. The van der Waals surface area contributed by atoms with E-state index in [-0.39, 0.29) is 17.4 Å². The van der Waals surface area contributed by atoms with Crippen LogP contribution in [0, 0.1) is 5.41 Å². The SMILES string of the molecule is CC1(C)CCC(Oc2ccc(N)c(C(=O)O)c2)CC1. The van der Waals surface area contributed by atoms with E-state index in [9.17, 15) is 4.79 Å². The molecule has 19 heavy (non-hydrogen) atoms. The molecule has 0 saturated heterocycles. The lowest BCUT2D eigenvalue weighted by Gasteiger charge is -2.34. The zero-order valence-electron chi connectivity index (χ0n) is 11.5. The van der Waals surface area contributed by atoms with E-state index in [4.69, 9.17) is 15.6 Å². The van der Waals surface area contributed by atoms with E-state index >= 15 is 0 Å². The Hall–Kier alpha value is -1.71. The molecule has 1 aromatic rings. The third kappa shape index (κ3) is 3.40. The molecule has 2 rings (SSSR count). The Morgan fingerprint density at radius 2 is 2.00 bits per heavy atom. The van der Waals surface area contributed by atoms with Gasteiger partial charge in [-0.25, -0.2) is 4.79 Å². The number of anilines is 1. The Kier molecular flexibility index (Phi) is 3.69. The van der Waals surface area contributed by atoms with Gasteiger partial charge in [0.05, 0.1) is 11.7 Å². The van der Waals surface area contributed by atoms with Crippen LogP contribution in [0.25, 0.3) is 0 Å². The van der Waals surface area contributed by atoms with Crippen molar-refractivity contribution in [2.24, 2.45) is 5.41 Å². The summed E-state index contributed by atoms with van der Waals surface area (Å²) in [4.78, 5) is 11.0. The molecule has 1 aliphatic carbocycles. The van der Waals surface area contributed by atoms with Gasteiger partial charge >= 0.3 is 5.97 Å². The minimum Gasteiger partial charge on any atom is -0.490 e. The van der Waals surface area contributed by atoms with Crippen molar-refractivity contribution in [1.29, 1.82) is 0 Å². The highest BCUT2D eigenvalue weighted by molar-refractivity contribution is 5.94. The molecule has 3 N–H and O–H groups in total. The van der Waals surface area contributed by atoms with Crippen LogP contribution in [0.5, 0.6) is 5.75 Å². The minimum absolute atomic E-state index is 0.105. The molecule has 4 heteroatoms. The van der Waals surface area contributed by atoms with E-state index < -0.39 is 5.97 Å². The van der Waals surface area contributed by atoms with Gasteiger partial charge < -0.3 is 15.6 Å². The van der Waals surface area contributed by atoms with Crippen molar-refractivity contribution in [3.63, 3.8) is 0 Å². The predicted molar refractivity (Wildman–Crippen MR) is 74.5 cm³/mol. The van der Waals surface area contributed by atoms with Crippen LogP contribution in [0.15, 0.2) is 18.2 Å². The average Bonchev–Trinajstić information content (AvgIpc) is 2.34. The number of hydrogen-bond acceptors (Lipinski definition) is 3. The van der Waals surface area contributed by atoms with Crippen LogP contribution in [0.1, 0.15) is 49.9 Å². The second-order valence-corrected chi connectivity index (χ2v) is 6.04. The van der Waals surface area contributed by atoms with E-state index in [1.807, 2.05) is 0 Å². The number of rotatable bonds is 3. The zero-order chi connectivity index (χ0) is 14.0. The maximum absolute atomic E-state index is 11.0. The third-order valence-corrected chi connectivity index (χ3v) is 3.84. The average molecular weight is 263 g/mol. The lowest BCUT2D eigenvalue weighted by molar-refractivity contribution is 0.0696. The Bertz CT molecular complexity index is 472. The first-order valence-corrected chi connectivity index (χ1v) is 6.67. The number of carbonyl (C=O) groups is 1. The summed E-state index contributed by atoms with van der Waals surface area (Å²) in [5.41, 5.74) is 6.39. The summed E-state index contributed by atoms with van der Waals surface area (Å²) in [6, 6.07) is 4.84. The van der Waals surface area contributed by atoms with E-state index in [0.29, 0.717) is 11.2 Å². The number of aromatic carboxylic acids is 1. The third-order valence-electron chi connectivity index (χ3n) is 3.84. The summed E-state index contributed by atoms with van der Waals surface area (Å²) in [5, 5.41) is 9.03. The Balaban J connectivity index is 2.04. The smallest absolute Gasteiger partial charge is 0.337 e. The zero-order valence-corrected chi connectivity index (χ0v) is 11.5. The second kappa shape index (κ2) is 5.11. The summed E-state index contributed by atoms with van der Waals surface area (Å²) in [6.07, 6.45) is 4.48. The summed E-state index contributed by atoms with van der Waals surface area (Å²) in [6.45, 7) is 4.55. The Morgan fingerprint density at radius 3 is 2.58 bits per heavy atom. The molecule has 1 aliphatic rings. The standard InChI is InChI=1S/C15H21NO3/c1-15(2)7-5-10(6-8-15)19-11-3-4-13(16)12(9-11)14(17)18/h3-4,9-10H,5-8,16H2,1-2H3,(H,17,18). The highest BCUT2D eigenvalue weighted by Gasteiger charge is 2.27. The van der Waals surface area contributed by atoms with Crippen LogP contribution in [0.2, 0.25) is 0 Å². The molecular weight excluding hydrogens is 242 g/mol. The van der Waals surface area contributed by atoms with Crippen molar-refractivity contribution in [1.82, 2.24) is 0 Å². The van der Waals surface area contributed by atoms with Gasteiger partial charge in [0.25, 0.3) is 0 Å². The van der Waals surface area contributed by atoms with Crippen molar-refractivity contribution >= 4 is 11.7 Å². The number of carboxylic acid groups (broad SMARTS) is 1. The molecule has 0 heterocycles. The van der Waals surface area contributed by atoms with Crippen molar-refractivity contribution < 1.29 is 14.6 Å². The maximum atomic E-state index is 11.0. The van der Waals surface area contributed by atoms with Crippen molar-refractivity contribution in [3.8, 4) is 5.75 Å². The van der Waals surface area contributed by atoms with Crippen LogP contribution in [-0.2, 0) is 0 Å². The molecule has 1 aromatic carbocycles. The number of hydrogen-bond donors (Lipinski definition) is 2. The van der Waals surface area contributed by atoms with E-state index in [1.54, 1.807) is 12.1 Å². The van der Waals surface area contributed by atoms with Gasteiger partial charge in [0.15, 0.2) is 0 Å². The fourth-order valence-corrected chi connectivity index (χ4v) is 2.48. The van der Waals surface area contributed by atoms with Gasteiger partial charge in [-0.3, -0.25) is 0 Å². The summed E-state index contributed by atoms with van der Waals surface area (Å²) >= 11 is 0. The van der Waals surface area contributed by atoms with Gasteiger partial charge in [-0.2, -0.15) is 0 Å². The first-order valence-electron chi connectivity index (χ1n) is 6.67. The fourth-order valence-electron chi connectivity index (χ4n) is 2.48. The molecule has 0 radical (unpaired) electrons. The molecule has 0 aromatic heterocycles. The van der Waals surface area contributed by atoms with Crippen LogP contribution in [0.3, 0.4) is 0 Å². The normalized spacial score (nSPS) is 19.1. The Labute approximate surface area is 113 Å². The largest absolute Gasteiger partial charge is 0.490 e. The van der Waals surface area contributed by atoms with Crippen LogP contribution < -0.4 is 10.5 Å². The molecule has 0 bridgehead atoms. The molecular formula is C15H21NO3. The molecule has 0 amide bonds. The monoisotopic (exact) mass is 263 g/mol. The second-order valence-electron chi connectivity index (χ2n) is 6.04. The van der Waals surface area contributed by atoms with Gasteiger partial charge in [-0.05, 0) is 49.3 Å². The predicted octanol–water partition coefficient (Wildman–Crippen LogP) is 3.31. The van der Waals surface area contributed by atoms with Crippen molar-refractivity contribution in [2.75, 3.05) is 5.73 Å². The quantitative estimate of drug-likeness (QED) is 0.820. The molecule has 0 atom stereocenters. The topological polar surface area (TPSA) is 72.5 Å². The minimum atomic E-state index is -1.02. The lowest BCUT2D eigenvalue weighted by Crippen LogP contribution is -2.28. The van der Waals surface area contributed by atoms with Crippen molar-refractivity contribution in [3.05, 3.63) is 23.8 Å². The lowest BCUT2D eigenvalue weighted by atomic mass is 9.76. The number of benzene rings is 1. The number of carboxylic acids is 1. The van der Waals surface area contributed by atoms with Crippen LogP contribution in [-0.4, -0.2) is 17.2 Å². The molecule has 0 unspecified atom stereocenters. The molecule has 0 aliphatic heterocycles. The maximum Gasteiger partial charge on any atom is 0.337 e. The van der Waals surface area contributed by atoms with Crippen molar-refractivity contribution in [2.45, 2.75) is 45.6 Å². The number of nitrogen functional groups attached to an aromatic ring is 1. The van der Waals surface area contributed by atoms with E-state index in [2.05, 4.69) is 13.8 Å². The van der Waals surface area contributed by atoms with Gasteiger partial charge in [-0.15, -0.1) is 0 Å². The van der Waals surface area contributed by atoms with Gasteiger partial charge in [-0.1, -0.05) is 13.8 Å². The van der Waals surface area contributed by atoms with Crippen LogP contribution in [0.4, 0.5) is 5.69 Å². The highest BCUT2D eigenvalue weighted by Crippen LogP contribution is 2.36. The first-order chi connectivity index (χ1) is 8.87. The van der Waals surface area contributed by atoms with Crippen LogP contribution >= 0.6 is 0 Å². The first kappa shape index (κ1) is 13.7. The van der Waals surface area contributed by atoms with Gasteiger partial charge in [0, 0.05) is 5.69 Å².